The number of nitrogens with zero attached hydrogens (tertiary/aromatic N) is 4. The van der Waals surface area contributed by atoms with Crippen LogP contribution in [0.15, 0.2) is 61.2 Å². The van der Waals surface area contributed by atoms with Crippen LogP contribution in [0.2, 0.25) is 5.02 Å². The molecule has 4 rings (SSSR count). The molecule has 1 atom stereocenters. The number of hydrogen-bond donors (Lipinski definition) is 0. The highest BCUT2D eigenvalue weighted by atomic mass is 35.5. The molecule has 6 heteroatoms. The number of rotatable bonds is 4. The largest absolute Gasteiger partial charge is 0.342 e. The van der Waals surface area contributed by atoms with Gasteiger partial charge < -0.3 is 4.90 Å². The van der Waals surface area contributed by atoms with Crippen LogP contribution in [0.3, 0.4) is 0 Å². The molecule has 0 N–H and O–H groups in total. The van der Waals surface area contributed by atoms with Gasteiger partial charge in [0.1, 0.15) is 0 Å². The number of halogens is 1. The third kappa shape index (κ3) is 4.37. The van der Waals surface area contributed by atoms with Crippen LogP contribution >= 0.6 is 11.6 Å². The molecule has 1 amide bonds. The van der Waals surface area contributed by atoms with Crippen LogP contribution in [-0.2, 0) is 11.2 Å². The molecule has 0 aliphatic carbocycles. The first-order valence-electron chi connectivity index (χ1n) is 9.43. The summed E-state index contributed by atoms with van der Waals surface area (Å²) in [5, 5.41) is 0.676. The van der Waals surface area contributed by atoms with Crippen LogP contribution in [0.25, 0.3) is 11.3 Å². The zero-order chi connectivity index (χ0) is 19.3. The summed E-state index contributed by atoms with van der Waals surface area (Å²) in [7, 11) is 0. The van der Waals surface area contributed by atoms with E-state index < -0.39 is 0 Å². The Bertz CT molecular complexity index is 964. The number of pyridine rings is 1. The molecule has 1 saturated heterocycles. The Morgan fingerprint density at radius 3 is 2.82 bits per heavy atom. The molecule has 142 valence electrons. The monoisotopic (exact) mass is 392 g/mol. The molecule has 28 heavy (non-hydrogen) atoms. The molecule has 1 aliphatic rings. The summed E-state index contributed by atoms with van der Waals surface area (Å²) in [6, 6.07) is 11.4. The van der Waals surface area contributed by atoms with E-state index in [4.69, 9.17) is 16.6 Å². The summed E-state index contributed by atoms with van der Waals surface area (Å²) in [5.41, 5.74) is 3.67. The average Bonchev–Trinajstić information content (AvgIpc) is 2.75. The van der Waals surface area contributed by atoms with Gasteiger partial charge in [-0.05, 0) is 42.7 Å². The third-order valence-corrected chi connectivity index (χ3v) is 5.31. The number of carbonyl (C=O) groups is 1. The number of aromatic nitrogens is 3. The van der Waals surface area contributed by atoms with E-state index in [1.165, 1.54) is 0 Å². The fraction of sp³-hybridized carbons (Fsp3) is 0.273. The fourth-order valence-corrected chi connectivity index (χ4v) is 3.79. The summed E-state index contributed by atoms with van der Waals surface area (Å²) >= 11 is 6.11. The van der Waals surface area contributed by atoms with Crippen molar-refractivity contribution >= 4 is 17.5 Å². The Labute approximate surface area is 169 Å². The number of carbonyl (C=O) groups excluding carboxylic acids is 1. The molecule has 5 nitrogen and oxygen atoms in total. The van der Waals surface area contributed by atoms with Gasteiger partial charge in [-0.3, -0.25) is 14.8 Å². The zero-order valence-corrected chi connectivity index (χ0v) is 16.2. The lowest BCUT2D eigenvalue weighted by molar-refractivity contribution is -0.131. The maximum Gasteiger partial charge on any atom is 0.227 e. The number of amides is 1. The summed E-state index contributed by atoms with van der Waals surface area (Å²) < 4.78 is 0. The van der Waals surface area contributed by atoms with Gasteiger partial charge in [-0.2, -0.15) is 0 Å². The van der Waals surface area contributed by atoms with Crippen LogP contribution in [0.4, 0.5) is 0 Å². The second-order valence-corrected chi connectivity index (χ2v) is 7.49. The summed E-state index contributed by atoms with van der Waals surface area (Å²) in [6.07, 6.45) is 9.39. The highest BCUT2D eigenvalue weighted by molar-refractivity contribution is 6.30. The van der Waals surface area contributed by atoms with Crippen molar-refractivity contribution in [3.05, 3.63) is 77.5 Å². The summed E-state index contributed by atoms with van der Waals surface area (Å²) in [6.45, 7) is 1.47. The second-order valence-electron chi connectivity index (χ2n) is 7.05. The number of piperidine rings is 1. The first kappa shape index (κ1) is 18.6. The molecule has 3 heterocycles. The van der Waals surface area contributed by atoms with Crippen molar-refractivity contribution in [2.45, 2.75) is 25.2 Å². The molecular formula is C22H21ClN4O. The predicted octanol–water partition coefficient (Wildman–Crippen LogP) is 4.14. The standard InChI is InChI=1S/C22H21ClN4O/c23-19-5-1-3-17(12-19)20-13-25-14-21(26-20)18-4-2-10-27(15-18)22(28)11-16-6-8-24-9-7-16/h1,3,5-9,12-14,18H,2,4,10-11,15H2/t18-/m0/s1. The fourth-order valence-electron chi connectivity index (χ4n) is 3.60. The van der Waals surface area contributed by atoms with Crippen molar-refractivity contribution in [2.75, 3.05) is 13.1 Å². The van der Waals surface area contributed by atoms with E-state index in [2.05, 4.69) is 9.97 Å². The summed E-state index contributed by atoms with van der Waals surface area (Å²) in [4.78, 5) is 27.9. The Balaban J connectivity index is 1.49. The SMILES string of the molecule is O=C(Cc1ccncc1)N1CCC[C@H](c2cncc(-c3cccc(Cl)c3)n2)C1. The van der Waals surface area contributed by atoms with Crippen LogP contribution in [0, 0.1) is 0 Å². The van der Waals surface area contributed by atoms with Crippen LogP contribution in [-0.4, -0.2) is 38.8 Å². The van der Waals surface area contributed by atoms with E-state index in [0.717, 1.165) is 41.9 Å². The van der Waals surface area contributed by atoms with Crippen molar-refractivity contribution in [1.29, 1.82) is 0 Å². The quantitative estimate of drug-likeness (QED) is 0.669. The summed E-state index contributed by atoms with van der Waals surface area (Å²) in [5.74, 6) is 0.344. The highest BCUT2D eigenvalue weighted by Gasteiger charge is 2.26. The maximum atomic E-state index is 12.7. The van der Waals surface area contributed by atoms with Gasteiger partial charge in [0.15, 0.2) is 0 Å². The third-order valence-electron chi connectivity index (χ3n) is 5.07. The van der Waals surface area contributed by atoms with Gasteiger partial charge in [-0.15, -0.1) is 0 Å². The van der Waals surface area contributed by atoms with Crippen molar-refractivity contribution in [3.8, 4) is 11.3 Å². The van der Waals surface area contributed by atoms with Crippen molar-refractivity contribution in [1.82, 2.24) is 19.9 Å². The first-order chi connectivity index (χ1) is 13.7. The Kier molecular flexibility index (Phi) is 5.63. The van der Waals surface area contributed by atoms with Crippen LogP contribution in [0.5, 0.6) is 0 Å². The topological polar surface area (TPSA) is 59.0 Å². The Hall–Kier alpha value is -2.79. The van der Waals surface area contributed by atoms with E-state index in [-0.39, 0.29) is 11.8 Å². The molecule has 0 unspecified atom stereocenters. The Morgan fingerprint density at radius 2 is 2.00 bits per heavy atom. The predicted molar refractivity (Wildman–Crippen MR) is 109 cm³/mol. The van der Waals surface area contributed by atoms with Crippen LogP contribution < -0.4 is 0 Å². The lowest BCUT2D eigenvalue weighted by Crippen LogP contribution is -2.40. The highest BCUT2D eigenvalue weighted by Crippen LogP contribution is 2.28. The number of hydrogen-bond acceptors (Lipinski definition) is 4. The van der Waals surface area contributed by atoms with Gasteiger partial charge in [-0.1, -0.05) is 23.7 Å². The number of likely N-dealkylation sites (tertiary alicyclic amines) is 1. The molecule has 3 aromatic rings. The van der Waals surface area contributed by atoms with Gasteiger partial charge >= 0.3 is 0 Å². The first-order valence-corrected chi connectivity index (χ1v) is 9.81. The minimum atomic E-state index is 0.148. The van der Waals surface area contributed by atoms with Gasteiger partial charge in [-0.25, -0.2) is 4.98 Å². The smallest absolute Gasteiger partial charge is 0.227 e. The molecular weight excluding hydrogens is 372 g/mol. The molecule has 2 aromatic heterocycles. The molecule has 0 radical (unpaired) electrons. The average molecular weight is 393 g/mol. The van der Waals surface area contributed by atoms with Gasteiger partial charge in [0, 0.05) is 48.2 Å². The zero-order valence-electron chi connectivity index (χ0n) is 15.5. The lowest BCUT2D eigenvalue weighted by atomic mass is 9.94. The van der Waals surface area contributed by atoms with E-state index in [9.17, 15) is 4.79 Å². The van der Waals surface area contributed by atoms with Gasteiger partial charge in [0.05, 0.1) is 24.0 Å². The van der Waals surface area contributed by atoms with E-state index in [1.54, 1.807) is 18.6 Å². The maximum absolute atomic E-state index is 12.7. The van der Waals surface area contributed by atoms with Crippen molar-refractivity contribution < 1.29 is 4.79 Å². The lowest BCUT2D eigenvalue weighted by Gasteiger charge is -2.32. The van der Waals surface area contributed by atoms with Crippen molar-refractivity contribution in [3.63, 3.8) is 0 Å². The molecule has 1 fully saturated rings. The normalized spacial score (nSPS) is 16.8. The molecule has 1 aromatic carbocycles. The second kappa shape index (κ2) is 8.48. The molecule has 0 bridgehead atoms. The van der Waals surface area contributed by atoms with Crippen molar-refractivity contribution in [2.24, 2.45) is 0 Å². The molecule has 1 aliphatic heterocycles. The van der Waals surface area contributed by atoms with Crippen LogP contribution in [0.1, 0.15) is 30.0 Å². The molecule has 0 saturated carbocycles. The minimum absolute atomic E-state index is 0.148. The van der Waals surface area contributed by atoms with E-state index in [1.807, 2.05) is 47.5 Å². The van der Waals surface area contributed by atoms with Gasteiger partial charge in [0.2, 0.25) is 5.91 Å². The van der Waals surface area contributed by atoms with Gasteiger partial charge in [0.25, 0.3) is 0 Å². The van der Waals surface area contributed by atoms with E-state index in [0.29, 0.717) is 18.0 Å². The molecule has 0 spiro atoms. The number of benzene rings is 1. The van der Waals surface area contributed by atoms with E-state index >= 15 is 0 Å². The Morgan fingerprint density at radius 1 is 1.14 bits per heavy atom. The minimum Gasteiger partial charge on any atom is -0.342 e.